The lowest BCUT2D eigenvalue weighted by Gasteiger charge is -2.03. The molecule has 0 aliphatic carbocycles. The number of hydrogen-bond donors (Lipinski definition) is 0. The standard InChI is InChI=1S/C12H16O5P/c1-3-16-18(14)17-9-15-12-6-4-11(5-7-12)8-10(2)13/h4-7H,3,8-9H2,1-2H3/q+1. The zero-order chi connectivity index (χ0) is 13.4. The van der Waals surface area contributed by atoms with Gasteiger partial charge in [-0.2, -0.15) is 0 Å². The van der Waals surface area contributed by atoms with Crippen molar-refractivity contribution < 1.29 is 23.1 Å². The molecule has 0 amide bonds. The molecule has 18 heavy (non-hydrogen) atoms. The fourth-order valence-electron chi connectivity index (χ4n) is 1.27. The van der Waals surface area contributed by atoms with E-state index in [4.69, 9.17) is 13.8 Å². The normalized spacial score (nSPS) is 11.1. The molecule has 0 radical (unpaired) electrons. The highest BCUT2D eigenvalue weighted by Crippen LogP contribution is 2.23. The lowest BCUT2D eigenvalue weighted by molar-refractivity contribution is -0.116. The minimum atomic E-state index is -2.11. The van der Waals surface area contributed by atoms with Crippen LogP contribution >= 0.6 is 8.25 Å². The molecule has 1 unspecified atom stereocenters. The zero-order valence-electron chi connectivity index (χ0n) is 10.4. The Balaban J connectivity index is 2.35. The molecule has 0 N–H and O–H groups in total. The second-order valence-electron chi connectivity index (χ2n) is 3.56. The van der Waals surface area contributed by atoms with E-state index in [1.807, 2.05) is 0 Å². The van der Waals surface area contributed by atoms with Gasteiger partial charge in [-0.1, -0.05) is 16.7 Å². The number of ether oxygens (including phenoxy) is 1. The van der Waals surface area contributed by atoms with Crippen LogP contribution in [0.25, 0.3) is 0 Å². The number of rotatable bonds is 8. The Morgan fingerprint density at radius 2 is 1.89 bits per heavy atom. The van der Waals surface area contributed by atoms with Gasteiger partial charge in [-0.25, -0.2) is 0 Å². The molecule has 1 aromatic rings. The van der Waals surface area contributed by atoms with Crippen molar-refractivity contribution in [1.29, 1.82) is 0 Å². The number of benzene rings is 1. The summed E-state index contributed by atoms with van der Waals surface area (Å²) in [6.07, 6.45) is 0.410. The summed E-state index contributed by atoms with van der Waals surface area (Å²) in [5.74, 6) is 0.697. The van der Waals surface area contributed by atoms with Crippen molar-refractivity contribution in [3.8, 4) is 5.75 Å². The Morgan fingerprint density at radius 3 is 2.44 bits per heavy atom. The molecular formula is C12H16O5P+. The van der Waals surface area contributed by atoms with Gasteiger partial charge in [-0.3, -0.25) is 4.79 Å². The summed E-state index contributed by atoms with van der Waals surface area (Å²) in [6.45, 7) is 3.46. The van der Waals surface area contributed by atoms with Crippen LogP contribution in [-0.4, -0.2) is 19.2 Å². The number of carbonyl (C=O) groups excluding carboxylic acids is 1. The number of Topliss-reactive ketones (excluding diaryl/α,β-unsaturated/α-hetero) is 1. The summed E-state index contributed by atoms with van der Waals surface area (Å²) in [4.78, 5) is 10.9. The molecular weight excluding hydrogens is 255 g/mol. The second kappa shape index (κ2) is 7.93. The maximum atomic E-state index is 11.0. The van der Waals surface area contributed by atoms with Crippen molar-refractivity contribution in [2.75, 3.05) is 13.4 Å². The van der Waals surface area contributed by atoms with Crippen LogP contribution in [0.2, 0.25) is 0 Å². The molecule has 98 valence electrons. The van der Waals surface area contributed by atoms with Gasteiger partial charge in [0.15, 0.2) is 0 Å². The SMILES string of the molecule is CCO[P+](=O)OCOc1ccc(CC(C)=O)cc1. The first kappa shape index (κ1) is 14.8. The maximum Gasteiger partial charge on any atom is 0.700 e. The number of carbonyl (C=O) groups is 1. The fraction of sp³-hybridized carbons (Fsp3) is 0.417. The minimum Gasteiger partial charge on any atom is -0.463 e. The van der Waals surface area contributed by atoms with Crippen LogP contribution in [0.1, 0.15) is 19.4 Å². The first-order chi connectivity index (χ1) is 8.61. The van der Waals surface area contributed by atoms with Crippen LogP contribution in [0, 0.1) is 0 Å². The van der Waals surface area contributed by atoms with E-state index >= 15 is 0 Å². The van der Waals surface area contributed by atoms with Gasteiger partial charge in [0.2, 0.25) is 6.79 Å². The molecule has 0 saturated carbocycles. The lowest BCUT2D eigenvalue weighted by atomic mass is 10.1. The molecule has 0 aromatic heterocycles. The highest BCUT2D eigenvalue weighted by molar-refractivity contribution is 7.33. The summed E-state index contributed by atoms with van der Waals surface area (Å²) >= 11 is 0. The molecule has 6 heteroatoms. The highest BCUT2D eigenvalue weighted by atomic mass is 31.1. The monoisotopic (exact) mass is 271 g/mol. The van der Waals surface area contributed by atoms with Gasteiger partial charge >= 0.3 is 8.25 Å². The summed E-state index contributed by atoms with van der Waals surface area (Å²) < 4.78 is 25.7. The predicted octanol–water partition coefficient (Wildman–Crippen LogP) is 2.86. The van der Waals surface area contributed by atoms with Crippen molar-refractivity contribution in [2.45, 2.75) is 20.3 Å². The predicted molar refractivity (Wildman–Crippen MR) is 66.6 cm³/mol. The van der Waals surface area contributed by atoms with Crippen LogP contribution in [0.15, 0.2) is 24.3 Å². The first-order valence-electron chi connectivity index (χ1n) is 5.56. The first-order valence-corrected chi connectivity index (χ1v) is 6.65. The Labute approximate surface area is 107 Å². The molecule has 0 saturated heterocycles. The number of ketones is 1. The third kappa shape index (κ3) is 5.87. The van der Waals surface area contributed by atoms with Gasteiger partial charge in [0.25, 0.3) is 0 Å². The van der Waals surface area contributed by atoms with E-state index in [0.29, 0.717) is 18.8 Å². The molecule has 5 nitrogen and oxygen atoms in total. The van der Waals surface area contributed by atoms with Gasteiger partial charge in [0.1, 0.15) is 18.1 Å². The third-order valence-corrected chi connectivity index (χ3v) is 2.78. The summed E-state index contributed by atoms with van der Waals surface area (Å²) in [7, 11) is -2.11. The Morgan fingerprint density at radius 1 is 1.22 bits per heavy atom. The van der Waals surface area contributed by atoms with E-state index < -0.39 is 8.25 Å². The zero-order valence-corrected chi connectivity index (χ0v) is 11.3. The average molecular weight is 271 g/mol. The van der Waals surface area contributed by atoms with E-state index in [9.17, 15) is 9.36 Å². The third-order valence-electron chi connectivity index (χ3n) is 1.99. The van der Waals surface area contributed by atoms with Crippen molar-refractivity contribution >= 4 is 14.0 Å². The Hall–Kier alpha value is -1.29. The molecule has 0 fully saturated rings. The van der Waals surface area contributed by atoms with E-state index in [0.717, 1.165) is 5.56 Å². The van der Waals surface area contributed by atoms with Crippen molar-refractivity contribution in [3.63, 3.8) is 0 Å². The highest BCUT2D eigenvalue weighted by Gasteiger charge is 2.18. The largest absolute Gasteiger partial charge is 0.700 e. The summed E-state index contributed by atoms with van der Waals surface area (Å²) in [5.41, 5.74) is 0.927. The summed E-state index contributed by atoms with van der Waals surface area (Å²) in [6, 6.07) is 7.07. The van der Waals surface area contributed by atoms with E-state index in [2.05, 4.69) is 0 Å². The molecule has 1 atom stereocenters. The lowest BCUT2D eigenvalue weighted by Crippen LogP contribution is -2.00. The number of hydrogen-bond acceptors (Lipinski definition) is 5. The van der Waals surface area contributed by atoms with Crippen LogP contribution in [0.3, 0.4) is 0 Å². The van der Waals surface area contributed by atoms with E-state index in [1.54, 1.807) is 38.1 Å². The van der Waals surface area contributed by atoms with E-state index in [-0.39, 0.29) is 12.6 Å². The molecule has 0 aliphatic heterocycles. The van der Waals surface area contributed by atoms with Crippen LogP contribution in [-0.2, 0) is 24.8 Å². The van der Waals surface area contributed by atoms with Gasteiger partial charge < -0.3 is 4.74 Å². The summed E-state index contributed by atoms with van der Waals surface area (Å²) in [5, 5.41) is 0. The molecule has 0 aliphatic rings. The molecule has 0 heterocycles. The average Bonchev–Trinajstić information content (AvgIpc) is 2.31. The molecule has 1 aromatic carbocycles. The van der Waals surface area contributed by atoms with Crippen LogP contribution in [0.5, 0.6) is 5.75 Å². The van der Waals surface area contributed by atoms with E-state index in [1.165, 1.54) is 0 Å². The smallest absolute Gasteiger partial charge is 0.463 e. The topological polar surface area (TPSA) is 61.8 Å². The second-order valence-corrected chi connectivity index (χ2v) is 4.52. The quantitative estimate of drug-likeness (QED) is 0.537. The van der Waals surface area contributed by atoms with Crippen LogP contribution in [0.4, 0.5) is 0 Å². The van der Waals surface area contributed by atoms with Crippen molar-refractivity contribution in [3.05, 3.63) is 29.8 Å². The molecule has 1 rings (SSSR count). The van der Waals surface area contributed by atoms with Crippen molar-refractivity contribution in [1.82, 2.24) is 0 Å². The fourth-order valence-corrected chi connectivity index (χ4v) is 1.70. The molecule has 0 bridgehead atoms. The maximum absolute atomic E-state index is 11.0. The van der Waals surface area contributed by atoms with Gasteiger partial charge in [-0.15, -0.1) is 4.52 Å². The Bertz CT molecular complexity index is 401. The Kier molecular flexibility index (Phi) is 6.50. The van der Waals surface area contributed by atoms with Gasteiger partial charge in [0.05, 0.1) is 0 Å². The van der Waals surface area contributed by atoms with Crippen LogP contribution < -0.4 is 4.74 Å². The van der Waals surface area contributed by atoms with Crippen molar-refractivity contribution in [2.24, 2.45) is 0 Å². The molecule has 0 spiro atoms. The van der Waals surface area contributed by atoms with Gasteiger partial charge in [-0.05, 0) is 31.5 Å². The minimum absolute atomic E-state index is 0.112. The van der Waals surface area contributed by atoms with Gasteiger partial charge in [0, 0.05) is 11.0 Å².